The van der Waals surface area contributed by atoms with E-state index in [2.05, 4.69) is 34.1 Å². The molecule has 0 saturated heterocycles. The van der Waals surface area contributed by atoms with Crippen LogP contribution in [0, 0.1) is 22.7 Å². The van der Waals surface area contributed by atoms with Crippen molar-refractivity contribution in [3.63, 3.8) is 0 Å². The highest BCUT2D eigenvalue weighted by Gasteiger charge is 2.23. The maximum Gasteiger partial charge on any atom is 0.191 e. The van der Waals surface area contributed by atoms with Crippen molar-refractivity contribution < 1.29 is 0 Å². The number of hydrogen-bond donors (Lipinski definition) is 0. The molecule has 5 nitrogen and oxygen atoms in total. The lowest BCUT2D eigenvalue weighted by molar-refractivity contribution is 0.318. The SMILES string of the molecule is CN1CCc2c(sc3nc(SCC#N)nc(SCC#N)c23)C1. The highest BCUT2D eigenvalue weighted by atomic mass is 32.2. The normalized spacial score (nSPS) is 14.5. The standard InChI is InChI=1S/C14H13N5S3/c1-19-5-2-9-10(8-19)22-13-11(9)12(20-6-3-15)17-14(18-13)21-7-4-16/h2,5-8H2,1H3. The number of fused-ring (bicyclic) bond motifs is 3. The van der Waals surface area contributed by atoms with E-state index in [1.807, 2.05) is 0 Å². The van der Waals surface area contributed by atoms with Gasteiger partial charge in [-0.05, 0) is 19.0 Å². The van der Waals surface area contributed by atoms with Crippen molar-refractivity contribution in [2.45, 2.75) is 23.1 Å². The molecule has 0 amide bonds. The van der Waals surface area contributed by atoms with Gasteiger partial charge in [-0.15, -0.1) is 11.3 Å². The van der Waals surface area contributed by atoms with Gasteiger partial charge in [0.05, 0.1) is 23.6 Å². The minimum absolute atomic E-state index is 0.335. The summed E-state index contributed by atoms with van der Waals surface area (Å²) in [4.78, 5) is 13.8. The predicted octanol–water partition coefficient (Wildman–Crippen LogP) is 2.91. The summed E-state index contributed by atoms with van der Waals surface area (Å²) in [5, 5.41) is 20.2. The second kappa shape index (κ2) is 6.84. The summed E-state index contributed by atoms with van der Waals surface area (Å²) >= 11 is 4.52. The van der Waals surface area contributed by atoms with E-state index in [9.17, 15) is 0 Å². The summed E-state index contributed by atoms with van der Waals surface area (Å²) in [6, 6.07) is 4.26. The molecule has 1 aliphatic rings. The molecule has 3 heterocycles. The van der Waals surface area contributed by atoms with Gasteiger partial charge in [0.25, 0.3) is 0 Å². The van der Waals surface area contributed by atoms with Gasteiger partial charge in [0, 0.05) is 23.4 Å². The molecule has 0 N–H and O–H groups in total. The van der Waals surface area contributed by atoms with E-state index in [0.29, 0.717) is 16.7 Å². The van der Waals surface area contributed by atoms with E-state index >= 15 is 0 Å². The first-order chi connectivity index (χ1) is 10.7. The van der Waals surface area contributed by atoms with Crippen LogP contribution in [0.1, 0.15) is 10.4 Å². The Kier molecular flexibility index (Phi) is 4.84. The number of nitriles is 2. The van der Waals surface area contributed by atoms with Crippen LogP contribution >= 0.6 is 34.9 Å². The summed E-state index contributed by atoms with van der Waals surface area (Å²) in [5.74, 6) is 0.709. The van der Waals surface area contributed by atoms with E-state index in [1.165, 1.54) is 34.0 Å². The number of aromatic nitrogens is 2. The van der Waals surface area contributed by atoms with Gasteiger partial charge < -0.3 is 4.90 Å². The molecule has 0 aromatic carbocycles. The largest absolute Gasteiger partial charge is 0.301 e. The molecular formula is C14H13N5S3. The molecule has 0 bridgehead atoms. The van der Waals surface area contributed by atoms with Crippen molar-refractivity contribution >= 4 is 45.1 Å². The average molecular weight is 347 g/mol. The Labute approximate surface area is 141 Å². The minimum Gasteiger partial charge on any atom is -0.301 e. The van der Waals surface area contributed by atoms with Crippen molar-refractivity contribution in [3.8, 4) is 12.1 Å². The molecule has 112 valence electrons. The summed E-state index contributed by atoms with van der Waals surface area (Å²) in [5.41, 5.74) is 1.34. The molecule has 0 unspecified atom stereocenters. The van der Waals surface area contributed by atoms with Gasteiger partial charge in [-0.3, -0.25) is 0 Å². The van der Waals surface area contributed by atoms with Crippen LogP contribution in [0.3, 0.4) is 0 Å². The molecule has 0 spiro atoms. The highest BCUT2D eigenvalue weighted by Crippen LogP contribution is 2.39. The Morgan fingerprint density at radius 3 is 2.77 bits per heavy atom. The van der Waals surface area contributed by atoms with Gasteiger partial charge in [0.1, 0.15) is 9.86 Å². The van der Waals surface area contributed by atoms with Crippen molar-refractivity contribution in [2.75, 3.05) is 25.1 Å². The number of hydrogen-bond acceptors (Lipinski definition) is 8. The maximum absolute atomic E-state index is 8.87. The fourth-order valence-corrected chi connectivity index (χ4v) is 5.14. The van der Waals surface area contributed by atoms with E-state index in [1.54, 1.807) is 11.3 Å². The monoisotopic (exact) mass is 347 g/mol. The second-order valence-electron chi connectivity index (χ2n) is 4.88. The number of thioether (sulfide) groups is 2. The van der Waals surface area contributed by atoms with E-state index in [0.717, 1.165) is 34.8 Å². The predicted molar refractivity (Wildman–Crippen MR) is 90.1 cm³/mol. The van der Waals surface area contributed by atoms with Gasteiger partial charge >= 0.3 is 0 Å². The number of likely N-dealkylation sites (N-methyl/N-ethyl adjacent to an activating group) is 1. The molecule has 2 aromatic rings. The molecule has 0 saturated carbocycles. The molecule has 8 heteroatoms. The first kappa shape index (κ1) is 15.6. The third kappa shape index (κ3) is 3.06. The maximum atomic E-state index is 8.87. The molecule has 0 atom stereocenters. The molecule has 2 aromatic heterocycles. The summed E-state index contributed by atoms with van der Waals surface area (Å²) < 4.78 is 0. The van der Waals surface area contributed by atoms with Crippen molar-refractivity contribution in [1.82, 2.24) is 14.9 Å². The summed E-state index contributed by atoms with van der Waals surface area (Å²) in [6.45, 7) is 1.98. The number of nitrogens with zero attached hydrogens (tertiary/aromatic N) is 5. The summed E-state index contributed by atoms with van der Waals surface area (Å²) in [7, 11) is 2.12. The molecule has 0 radical (unpaired) electrons. The first-order valence-electron chi connectivity index (χ1n) is 6.73. The van der Waals surface area contributed by atoms with E-state index < -0.39 is 0 Å². The lowest BCUT2D eigenvalue weighted by Gasteiger charge is -2.22. The van der Waals surface area contributed by atoms with Crippen LogP contribution in [0.25, 0.3) is 10.2 Å². The van der Waals surface area contributed by atoms with E-state index in [4.69, 9.17) is 10.5 Å². The Balaban J connectivity index is 2.10. The average Bonchev–Trinajstić information content (AvgIpc) is 2.87. The molecular weight excluding hydrogens is 334 g/mol. The van der Waals surface area contributed by atoms with Crippen LogP contribution in [-0.2, 0) is 13.0 Å². The molecule has 0 fully saturated rings. The molecule has 1 aliphatic heterocycles. The highest BCUT2D eigenvalue weighted by molar-refractivity contribution is 8.00. The van der Waals surface area contributed by atoms with Crippen LogP contribution in [0.15, 0.2) is 10.2 Å². The van der Waals surface area contributed by atoms with Crippen molar-refractivity contribution in [3.05, 3.63) is 10.4 Å². The molecule has 3 rings (SSSR count). The van der Waals surface area contributed by atoms with Crippen molar-refractivity contribution in [2.24, 2.45) is 0 Å². The lowest BCUT2D eigenvalue weighted by atomic mass is 10.1. The number of thiophene rings is 1. The Hall–Kier alpha value is -1.32. The number of rotatable bonds is 4. The van der Waals surface area contributed by atoms with Crippen LogP contribution in [0.2, 0.25) is 0 Å². The van der Waals surface area contributed by atoms with Crippen molar-refractivity contribution in [1.29, 1.82) is 10.5 Å². The van der Waals surface area contributed by atoms with Crippen LogP contribution in [0.5, 0.6) is 0 Å². The smallest absolute Gasteiger partial charge is 0.191 e. The van der Waals surface area contributed by atoms with Gasteiger partial charge in [-0.1, -0.05) is 23.5 Å². The fourth-order valence-electron chi connectivity index (χ4n) is 2.44. The Morgan fingerprint density at radius 1 is 1.23 bits per heavy atom. The van der Waals surface area contributed by atoms with Crippen LogP contribution in [0.4, 0.5) is 0 Å². The minimum atomic E-state index is 0.335. The Bertz CT molecular complexity index is 786. The third-order valence-electron chi connectivity index (χ3n) is 3.38. The van der Waals surface area contributed by atoms with Gasteiger partial charge in [-0.25, -0.2) is 9.97 Å². The topological polar surface area (TPSA) is 76.6 Å². The van der Waals surface area contributed by atoms with Crippen LogP contribution < -0.4 is 0 Å². The third-order valence-corrected chi connectivity index (χ3v) is 6.04. The van der Waals surface area contributed by atoms with Gasteiger partial charge in [-0.2, -0.15) is 10.5 Å². The molecule has 22 heavy (non-hydrogen) atoms. The molecule has 0 aliphatic carbocycles. The van der Waals surface area contributed by atoms with E-state index in [-0.39, 0.29) is 0 Å². The zero-order valence-electron chi connectivity index (χ0n) is 12.0. The fraction of sp³-hybridized carbons (Fsp3) is 0.429. The Morgan fingerprint density at radius 2 is 2.00 bits per heavy atom. The van der Waals surface area contributed by atoms with Crippen LogP contribution in [-0.4, -0.2) is 40.0 Å². The summed E-state index contributed by atoms with van der Waals surface area (Å²) in [6.07, 6.45) is 1.000. The van der Waals surface area contributed by atoms with Gasteiger partial charge in [0.15, 0.2) is 5.16 Å². The first-order valence-corrected chi connectivity index (χ1v) is 9.52. The lowest BCUT2D eigenvalue weighted by Crippen LogP contribution is -2.25. The van der Waals surface area contributed by atoms with Gasteiger partial charge in [0.2, 0.25) is 0 Å². The zero-order valence-corrected chi connectivity index (χ0v) is 14.4. The quantitative estimate of drug-likeness (QED) is 0.478. The second-order valence-corrected chi connectivity index (χ2v) is 7.87. The zero-order chi connectivity index (χ0) is 15.5.